The van der Waals surface area contributed by atoms with E-state index in [1.54, 1.807) is 6.07 Å². The molecule has 0 aliphatic carbocycles. The van der Waals surface area contributed by atoms with Crippen molar-refractivity contribution in [3.05, 3.63) is 127 Å². The summed E-state index contributed by atoms with van der Waals surface area (Å²) in [6, 6.07) is 44.9. The SMILES string of the molecule is Oc1ccc2cc([P+](c3ccccc3)(c3ccccc3)c3ccccc3)ccc2c1. The van der Waals surface area contributed by atoms with Gasteiger partial charge >= 0.3 is 0 Å². The number of aromatic hydroxyl groups is 1. The molecule has 30 heavy (non-hydrogen) atoms. The minimum atomic E-state index is -2.08. The van der Waals surface area contributed by atoms with Crippen LogP contribution in [0.1, 0.15) is 0 Å². The van der Waals surface area contributed by atoms with Crippen LogP contribution in [0.5, 0.6) is 5.75 Å². The van der Waals surface area contributed by atoms with E-state index in [0.717, 1.165) is 10.8 Å². The standard InChI is InChI=1S/C28H21OP/c29-24-18-16-23-21-28(19-17-22(23)20-24)30(25-10-4-1-5-11-25,26-12-6-2-7-13-26)27-14-8-3-9-15-27/h1-21H/p+1. The Kier molecular flexibility index (Phi) is 4.83. The zero-order valence-electron chi connectivity index (χ0n) is 16.5. The summed E-state index contributed by atoms with van der Waals surface area (Å²) in [6.45, 7) is 0. The molecule has 0 amide bonds. The van der Waals surface area contributed by atoms with Gasteiger partial charge in [0.15, 0.2) is 0 Å². The van der Waals surface area contributed by atoms with Crippen LogP contribution < -0.4 is 21.2 Å². The molecular weight excluding hydrogens is 383 g/mol. The highest BCUT2D eigenvalue weighted by Gasteiger charge is 2.47. The van der Waals surface area contributed by atoms with E-state index < -0.39 is 7.26 Å². The van der Waals surface area contributed by atoms with Crippen molar-refractivity contribution < 1.29 is 5.11 Å². The van der Waals surface area contributed by atoms with Gasteiger partial charge in [-0.15, -0.1) is 0 Å². The van der Waals surface area contributed by atoms with Crippen LogP contribution in [0.3, 0.4) is 0 Å². The van der Waals surface area contributed by atoms with Crippen molar-refractivity contribution in [1.82, 2.24) is 0 Å². The highest BCUT2D eigenvalue weighted by molar-refractivity contribution is 8.01. The van der Waals surface area contributed by atoms with E-state index >= 15 is 0 Å². The molecule has 1 N–H and O–H groups in total. The van der Waals surface area contributed by atoms with Crippen LogP contribution in [0.4, 0.5) is 0 Å². The van der Waals surface area contributed by atoms with Gasteiger partial charge in [-0.1, -0.05) is 66.7 Å². The van der Waals surface area contributed by atoms with Crippen molar-refractivity contribution >= 4 is 39.3 Å². The Hall–Kier alpha value is -3.41. The summed E-state index contributed by atoms with van der Waals surface area (Å²) in [5.74, 6) is 0.297. The second kappa shape index (κ2) is 7.78. The Bertz CT molecular complexity index is 1190. The lowest BCUT2D eigenvalue weighted by Gasteiger charge is -2.27. The Morgan fingerprint density at radius 3 is 1.33 bits per heavy atom. The molecule has 0 heterocycles. The smallest absolute Gasteiger partial charge is 0.144 e. The van der Waals surface area contributed by atoms with Crippen LogP contribution in [0.15, 0.2) is 127 Å². The number of benzene rings is 5. The maximum absolute atomic E-state index is 9.90. The molecule has 0 unspecified atom stereocenters. The maximum atomic E-state index is 9.90. The zero-order valence-corrected chi connectivity index (χ0v) is 17.4. The monoisotopic (exact) mass is 405 g/mol. The molecule has 0 saturated carbocycles. The molecule has 2 heteroatoms. The molecule has 0 atom stereocenters. The average Bonchev–Trinajstić information content (AvgIpc) is 2.82. The van der Waals surface area contributed by atoms with Crippen molar-refractivity contribution in [1.29, 1.82) is 0 Å². The Balaban J connectivity index is 1.90. The summed E-state index contributed by atoms with van der Waals surface area (Å²) in [4.78, 5) is 0. The molecule has 5 aromatic carbocycles. The second-order valence-electron chi connectivity index (χ2n) is 7.39. The predicted octanol–water partition coefficient (Wildman–Crippen LogP) is 5.16. The highest BCUT2D eigenvalue weighted by atomic mass is 31.2. The lowest BCUT2D eigenvalue weighted by Crippen LogP contribution is -2.38. The molecule has 0 bridgehead atoms. The fourth-order valence-electron chi connectivity index (χ4n) is 4.28. The molecule has 0 spiro atoms. The minimum absolute atomic E-state index is 0.297. The van der Waals surface area contributed by atoms with Crippen molar-refractivity contribution in [3.8, 4) is 5.75 Å². The molecule has 0 fully saturated rings. The first-order chi connectivity index (χ1) is 14.8. The number of hydrogen-bond donors (Lipinski definition) is 1. The lowest BCUT2D eigenvalue weighted by molar-refractivity contribution is 0.476. The molecule has 1 nitrogen and oxygen atoms in total. The van der Waals surface area contributed by atoms with E-state index in [1.165, 1.54) is 21.2 Å². The number of hydrogen-bond acceptors (Lipinski definition) is 1. The topological polar surface area (TPSA) is 20.2 Å². The predicted molar refractivity (Wildman–Crippen MR) is 130 cm³/mol. The number of fused-ring (bicyclic) bond motifs is 1. The van der Waals surface area contributed by atoms with Crippen LogP contribution >= 0.6 is 7.26 Å². The van der Waals surface area contributed by atoms with E-state index in [-0.39, 0.29) is 0 Å². The molecule has 144 valence electrons. The van der Waals surface area contributed by atoms with Crippen molar-refractivity contribution in [2.75, 3.05) is 0 Å². The van der Waals surface area contributed by atoms with Crippen molar-refractivity contribution in [3.63, 3.8) is 0 Å². The largest absolute Gasteiger partial charge is 0.508 e. The molecule has 5 aromatic rings. The quantitative estimate of drug-likeness (QED) is 0.409. The van der Waals surface area contributed by atoms with E-state index in [9.17, 15) is 5.11 Å². The summed E-state index contributed by atoms with van der Waals surface area (Å²) in [7, 11) is -2.08. The lowest BCUT2D eigenvalue weighted by atomic mass is 10.1. The van der Waals surface area contributed by atoms with Crippen LogP contribution in [0.2, 0.25) is 0 Å². The van der Waals surface area contributed by atoms with Gasteiger partial charge in [-0.05, 0) is 71.4 Å². The summed E-state index contributed by atoms with van der Waals surface area (Å²) >= 11 is 0. The molecular formula is C28H22OP+. The van der Waals surface area contributed by atoms with Gasteiger partial charge in [-0.3, -0.25) is 0 Å². The number of rotatable bonds is 4. The van der Waals surface area contributed by atoms with Crippen LogP contribution in [0.25, 0.3) is 10.8 Å². The van der Waals surface area contributed by atoms with Gasteiger partial charge in [-0.2, -0.15) is 0 Å². The van der Waals surface area contributed by atoms with Gasteiger partial charge in [0, 0.05) is 0 Å². The molecule has 0 aliphatic heterocycles. The fraction of sp³-hybridized carbons (Fsp3) is 0. The first-order valence-corrected chi connectivity index (χ1v) is 11.9. The van der Waals surface area contributed by atoms with Gasteiger partial charge < -0.3 is 5.11 Å². The van der Waals surface area contributed by atoms with Crippen molar-refractivity contribution in [2.24, 2.45) is 0 Å². The number of phenolic OH excluding ortho intramolecular Hbond substituents is 1. The Morgan fingerprint density at radius 2 is 0.833 bits per heavy atom. The summed E-state index contributed by atoms with van der Waals surface area (Å²) in [6.07, 6.45) is 0. The van der Waals surface area contributed by atoms with E-state index in [0.29, 0.717) is 5.75 Å². The second-order valence-corrected chi connectivity index (χ2v) is 10.8. The Morgan fingerprint density at radius 1 is 0.400 bits per heavy atom. The number of phenols is 1. The van der Waals surface area contributed by atoms with Crippen LogP contribution in [0, 0.1) is 0 Å². The third-order valence-electron chi connectivity index (χ3n) is 5.63. The maximum Gasteiger partial charge on any atom is 0.144 e. The first-order valence-electron chi connectivity index (χ1n) is 10.1. The minimum Gasteiger partial charge on any atom is -0.508 e. The summed E-state index contributed by atoms with van der Waals surface area (Å²) in [5, 5.41) is 17.4. The van der Waals surface area contributed by atoms with Crippen molar-refractivity contribution in [2.45, 2.75) is 0 Å². The fourth-order valence-corrected chi connectivity index (χ4v) is 8.56. The average molecular weight is 405 g/mol. The molecule has 0 aromatic heterocycles. The van der Waals surface area contributed by atoms with Gasteiger partial charge in [-0.25, -0.2) is 0 Å². The van der Waals surface area contributed by atoms with E-state index in [4.69, 9.17) is 0 Å². The highest BCUT2D eigenvalue weighted by Crippen LogP contribution is 2.54. The third-order valence-corrected chi connectivity index (χ3v) is 9.90. The summed E-state index contributed by atoms with van der Waals surface area (Å²) in [5.41, 5.74) is 0. The first kappa shape index (κ1) is 18.6. The Labute approximate surface area is 177 Å². The molecule has 0 saturated heterocycles. The van der Waals surface area contributed by atoms with Gasteiger partial charge in [0.2, 0.25) is 0 Å². The molecule has 0 radical (unpaired) electrons. The summed E-state index contributed by atoms with van der Waals surface area (Å²) < 4.78 is 0. The normalized spacial score (nSPS) is 11.5. The molecule has 0 aliphatic rings. The zero-order chi connectivity index (χ0) is 20.4. The molecule has 5 rings (SSSR count). The van der Waals surface area contributed by atoms with Gasteiger partial charge in [0.25, 0.3) is 0 Å². The van der Waals surface area contributed by atoms with E-state index in [2.05, 4.69) is 109 Å². The van der Waals surface area contributed by atoms with E-state index in [1.807, 2.05) is 12.1 Å². The van der Waals surface area contributed by atoms with Crippen LogP contribution in [-0.4, -0.2) is 5.11 Å². The van der Waals surface area contributed by atoms with Crippen LogP contribution in [-0.2, 0) is 0 Å². The van der Waals surface area contributed by atoms with Gasteiger partial charge in [0.05, 0.1) is 0 Å². The van der Waals surface area contributed by atoms with Gasteiger partial charge in [0.1, 0.15) is 34.2 Å². The third kappa shape index (κ3) is 3.09.